The van der Waals surface area contributed by atoms with Gasteiger partial charge in [0.1, 0.15) is 6.04 Å². The highest BCUT2D eigenvalue weighted by Crippen LogP contribution is 2.34. The molecule has 4 aliphatic heterocycles. The maximum atomic E-state index is 13.3. The number of piperidine rings is 2. The van der Waals surface area contributed by atoms with Gasteiger partial charge in [-0.25, -0.2) is 9.97 Å². The van der Waals surface area contributed by atoms with Gasteiger partial charge in [-0.05, 0) is 88.4 Å². The van der Waals surface area contributed by atoms with Crippen LogP contribution in [0, 0.1) is 12.8 Å². The van der Waals surface area contributed by atoms with E-state index in [1.807, 2.05) is 69.0 Å². The lowest BCUT2D eigenvalue weighted by Crippen LogP contribution is -2.54. The largest absolute Gasteiger partial charge is 0.371 e. The lowest BCUT2D eigenvalue weighted by molar-refractivity contribution is -0.136. The average molecular weight is 839 g/mol. The van der Waals surface area contributed by atoms with Gasteiger partial charge in [-0.3, -0.25) is 43.6 Å². The maximum absolute atomic E-state index is 13.3. The summed E-state index contributed by atoms with van der Waals surface area (Å²) < 4.78 is 3.82. The molecule has 1 atom stereocenters. The summed E-state index contributed by atoms with van der Waals surface area (Å²) in [7, 11) is 0. The Morgan fingerprint density at radius 2 is 1.69 bits per heavy atom. The Bertz CT molecular complexity index is 2580. The Morgan fingerprint density at radius 1 is 0.903 bits per heavy atom. The molecular formula is C45H50N12O5. The third kappa shape index (κ3) is 8.19. The molecule has 17 nitrogen and oxygen atoms in total. The number of anilines is 3. The predicted octanol–water partition coefficient (Wildman–Crippen LogP) is 4.45. The van der Waals surface area contributed by atoms with Crippen molar-refractivity contribution in [2.75, 3.05) is 42.9 Å². The molecule has 62 heavy (non-hydrogen) atoms. The normalized spacial score (nSPS) is 18.8. The van der Waals surface area contributed by atoms with Crippen molar-refractivity contribution < 1.29 is 24.0 Å². The minimum Gasteiger partial charge on any atom is -0.371 e. The molecule has 0 aliphatic carbocycles. The van der Waals surface area contributed by atoms with Gasteiger partial charge >= 0.3 is 0 Å². The number of fused-ring (bicyclic) bond motifs is 1. The lowest BCUT2D eigenvalue weighted by Gasteiger charge is -2.44. The van der Waals surface area contributed by atoms with Crippen LogP contribution in [0.15, 0.2) is 73.4 Å². The van der Waals surface area contributed by atoms with Crippen molar-refractivity contribution >= 4 is 46.9 Å². The summed E-state index contributed by atoms with van der Waals surface area (Å²) in [5.74, 6) is -1.18. The minimum absolute atomic E-state index is 0.0911. The summed E-state index contributed by atoms with van der Waals surface area (Å²) in [5.41, 5.74) is 6.41. The zero-order valence-electron chi connectivity index (χ0n) is 35.3. The molecule has 3 fully saturated rings. The lowest BCUT2D eigenvalue weighted by atomic mass is 9.95. The quantitative estimate of drug-likeness (QED) is 0.159. The van der Waals surface area contributed by atoms with E-state index in [0.717, 1.165) is 84.2 Å². The van der Waals surface area contributed by atoms with Crippen LogP contribution in [-0.4, -0.2) is 108 Å². The highest BCUT2D eigenvalue weighted by molar-refractivity contribution is 6.23. The van der Waals surface area contributed by atoms with Crippen molar-refractivity contribution in [2.24, 2.45) is 5.92 Å². The number of aromatic nitrogens is 6. The van der Waals surface area contributed by atoms with Gasteiger partial charge in [-0.15, -0.1) is 0 Å². The molecule has 5 aromatic rings. The maximum Gasteiger partial charge on any atom is 0.262 e. The van der Waals surface area contributed by atoms with Crippen LogP contribution in [0.4, 0.5) is 17.3 Å². The Balaban J connectivity index is 0.732. The van der Waals surface area contributed by atoms with Gasteiger partial charge in [0, 0.05) is 81.4 Å². The van der Waals surface area contributed by atoms with E-state index in [9.17, 15) is 24.0 Å². The number of imide groups is 2. The molecule has 3 aromatic heterocycles. The zero-order valence-corrected chi connectivity index (χ0v) is 35.3. The van der Waals surface area contributed by atoms with Crippen molar-refractivity contribution in [1.82, 2.24) is 50.0 Å². The van der Waals surface area contributed by atoms with E-state index in [1.54, 1.807) is 35.4 Å². The van der Waals surface area contributed by atoms with Gasteiger partial charge in [0.05, 0.1) is 52.0 Å². The molecule has 0 spiro atoms. The smallest absolute Gasteiger partial charge is 0.262 e. The van der Waals surface area contributed by atoms with Crippen LogP contribution >= 0.6 is 0 Å². The highest BCUT2D eigenvalue weighted by atomic mass is 16.2. The summed E-state index contributed by atoms with van der Waals surface area (Å²) in [6, 6.07) is 12.6. The first kappa shape index (κ1) is 40.6. The van der Waals surface area contributed by atoms with Crippen molar-refractivity contribution in [1.29, 1.82) is 0 Å². The zero-order chi connectivity index (χ0) is 43.3. The third-order valence-electron chi connectivity index (χ3n) is 12.3. The number of carbonyl (C=O) groups is 5. The van der Waals surface area contributed by atoms with Crippen LogP contribution in [0.25, 0.3) is 11.3 Å². The summed E-state index contributed by atoms with van der Waals surface area (Å²) in [5, 5.41) is 17.6. The second-order valence-corrected chi connectivity index (χ2v) is 17.7. The summed E-state index contributed by atoms with van der Waals surface area (Å²) >= 11 is 0. The Hall–Kier alpha value is -6.75. The highest BCUT2D eigenvalue weighted by Gasteiger charge is 2.45. The van der Waals surface area contributed by atoms with E-state index in [0.29, 0.717) is 35.1 Å². The van der Waals surface area contributed by atoms with E-state index < -0.39 is 29.7 Å². The number of likely N-dealkylation sites (tertiary alicyclic amines) is 1. The molecule has 4 aliphatic rings. The number of rotatable bonds is 11. The second-order valence-electron chi connectivity index (χ2n) is 17.7. The second kappa shape index (κ2) is 16.3. The monoisotopic (exact) mass is 838 g/mol. The summed E-state index contributed by atoms with van der Waals surface area (Å²) in [6.45, 7) is 13.2. The van der Waals surface area contributed by atoms with Gasteiger partial charge in [0.25, 0.3) is 17.7 Å². The number of hydrogen-bond acceptors (Lipinski definition) is 12. The topological polar surface area (TPSA) is 193 Å². The molecule has 5 amide bonds. The van der Waals surface area contributed by atoms with Crippen LogP contribution in [-0.2, 0) is 21.7 Å². The van der Waals surface area contributed by atoms with Gasteiger partial charge in [-0.1, -0.05) is 12.1 Å². The van der Waals surface area contributed by atoms with Gasteiger partial charge in [-0.2, -0.15) is 10.2 Å². The third-order valence-corrected chi connectivity index (χ3v) is 12.3. The van der Waals surface area contributed by atoms with Crippen LogP contribution in [0.3, 0.4) is 0 Å². The first-order chi connectivity index (χ1) is 29.8. The first-order valence-electron chi connectivity index (χ1n) is 21.2. The summed E-state index contributed by atoms with van der Waals surface area (Å²) in [4.78, 5) is 78.2. The molecule has 17 heteroatoms. The van der Waals surface area contributed by atoms with Crippen molar-refractivity contribution in [2.45, 2.75) is 77.5 Å². The Kier molecular flexibility index (Phi) is 10.7. The van der Waals surface area contributed by atoms with Crippen molar-refractivity contribution in [3.05, 3.63) is 101 Å². The molecule has 1 unspecified atom stereocenters. The fraction of sp³-hybridized carbons (Fsp3) is 0.400. The predicted molar refractivity (Wildman–Crippen MR) is 230 cm³/mol. The van der Waals surface area contributed by atoms with E-state index in [4.69, 9.17) is 4.98 Å². The SMILES string of the molecule is Cc1cc(-c2ccnc(Nc3cnn(C4CCN(CC5CN(c6ccc7c(c6)C(=O)N(C6CCC(=O)NC6=O)C7=O)C5)CC4)c3)n2)ccc1CNC(=O)c1cnn(C(C)(C)C)c1. The van der Waals surface area contributed by atoms with Gasteiger partial charge < -0.3 is 20.4 Å². The van der Waals surface area contributed by atoms with Gasteiger partial charge in [0.15, 0.2) is 0 Å². The van der Waals surface area contributed by atoms with E-state index in [1.165, 1.54) is 0 Å². The number of nitrogens with zero attached hydrogens (tertiary/aromatic N) is 9. The van der Waals surface area contributed by atoms with Crippen molar-refractivity contribution in [3.63, 3.8) is 0 Å². The van der Waals surface area contributed by atoms with Crippen LogP contribution in [0.1, 0.15) is 94.7 Å². The molecule has 0 radical (unpaired) electrons. The number of nitrogens with one attached hydrogen (secondary N) is 3. The van der Waals surface area contributed by atoms with E-state index >= 15 is 0 Å². The van der Waals surface area contributed by atoms with E-state index in [2.05, 4.69) is 47.0 Å². The van der Waals surface area contributed by atoms with Crippen LogP contribution < -0.4 is 20.9 Å². The standard InChI is InChI=1S/C45H50N12O5/c1-27-17-29(5-6-30(27)19-47-40(59)31-20-49-56(25-31)45(2,3)4)37-11-14-46-44(51-37)50-32-21-48-55(26-32)33-12-15-53(16-13-33)22-28-23-54(24-28)34-7-8-35-36(18-34)43(62)57(42(35)61)38-9-10-39(58)52-41(38)60/h5-8,11,14,17-18,20-21,25-26,28,33,38H,9-10,12-13,15-16,19,22-24H2,1-4H3,(H,47,59)(H,46,50,51)(H,52,58,60). The summed E-state index contributed by atoms with van der Waals surface area (Å²) in [6.07, 6.45) is 11.1. The fourth-order valence-electron chi connectivity index (χ4n) is 8.73. The molecule has 320 valence electrons. The first-order valence-corrected chi connectivity index (χ1v) is 21.2. The Labute approximate surface area is 358 Å². The molecule has 0 bridgehead atoms. The molecule has 7 heterocycles. The van der Waals surface area contributed by atoms with Gasteiger partial charge in [0.2, 0.25) is 17.8 Å². The number of hydrogen-bond donors (Lipinski definition) is 3. The number of amides is 5. The average Bonchev–Trinajstić information content (AvgIpc) is 3.98. The Morgan fingerprint density at radius 3 is 2.44 bits per heavy atom. The minimum atomic E-state index is -0.973. The fourth-order valence-corrected chi connectivity index (χ4v) is 8.73. The number of benzene rings is 2. The molecular weight excluding hydrogens is 789 g/mol. The number of aryl methyl sites for hydroxylation is 1. The molecule has 2 aromatic carbocycles. The molecule has 0 saturated carbocycles. The van der Waals surface area contributed by atoms with Crippen LogP contribution in [0.5, 0.6) is 0 Å². The molecule has 9 rings (SSSR count). The number of carbonyl (C=O) groups excluding carboxylic acids is 5. The van der Waals surface area contributed by atoms with E-state index in [-0.39, 0.29) is 30.3 Å². The van der Waals surface area contributed by atoms with Crippen molar-refractivity contribution in [3.8, 4) is 11.3 Å². The molecule has 3 saturated heterocycles. The molecule has 3 N–H and O–H groups in total. The van der Waals surface area contributed by atoms with Crippen LogP contribution in [0.2, 0.25) is 0 Å².